The first-order chi connectivity index (χ1) is 10.1. The quantitative estimate of drug-likeness (QED) is 0.334. The molecule has 1 aromatic rings. The Morgan fingerprint density at radius 1 is 1.52 bits per heavy atom. The number of rotatable bonds is 7. The van der Waals surface area contributed by atoms with Crippen molar-refractivity contribution in [3.05, 3.63) is 34.8 Å². The summed E-state index contributed by atoms with van der Waals surface area (Å²) in [5.41, 5.74) is 3.57. The lowest BCUT2D eigenvalue weighted by Gasteiger charge is -2.12. The summed E-state index contributed by atoms with van der Waals surface area (Å²) >= 11 is 8.47. The first kappa shape index (κ1) is 17.5. The highest BCUT2D eigenvalue weighted by Crippen LogP contribution is 2.36. The van der Waals surface area contributed by atoms with E-state index in [-0.39, 0.29) is 0 Å². The van der Waals surface area contributed by atoms with Gasteiger partial charge in [0, 0.05) is 6.54 Å². The van der Waals surface area contributed by atoms with E-state index in [1.54, 1.807) is 19.4 Å². The van der Waals surface area contributed by atoms with Gasteiger partial charge in [-0.2, -0.15) is 5.10 Å². The maximum atomic E-state index is 5.56. The third-order valence-electron chi connectivity index (χ3n) is 2.31. The average Bonchev–Trinajstić information content (AvgIpc) is 2.46. The fourth-order valence-corrected chi connectivity index (χ4v) is 2.23. The van der Waals surface area contributed by atoms with Crippen LogP contribution in [-0.2, 0) is 0 Å². The maximum absolute atomic E-state index is 5.56. The van der Waals surface area contributed by atoms with Crippen LogP contribution < -0.4 is 20.2 Å². The number of benzene rings is 1. The number of hydrogen-bond donors (Lipinski definition) is 2. The lowest BCUT2D eigenvalue weighted by molar-refractivity contribution is 0.324. The van der Waals surface area contributed by atoms with Gasteiger partial charge >= 0.3 is 0 Å². The summed E-state index contributed by atoms with van der Waals surface area (Å²) in [4.78, 5) is 0. The van der Waals surface area contributed by atoms with E-state index >= 15 is 0 Å². The molecule has 7 heteroatoms. The topological polar surface area (TPSA) is 54.9 Å². The Bertz CT molecular complexity index is 535. The van der Waals surface area contributed by atoms with Crippen LogP contribution in [-0.4, -0.2) is 31.6 Å². The van der Waals surface area contributed by atoms with Crippen molar-refractivity contribution in [1.82, 2.24) is 10.7 Å². The summed E-state index contributed by atoms with van der Waals surface area (Å²) in [6.45, 7) is 6.73. The molecule has 0 saturated carbocycles. The summed E-state index contributed by atoms with van der Waals surface area (Å²) in [6, 6.07) is 3.70. The van der Waals surface area contributed by atoms with Crippen LogP contribution in [0.15, 0.2) is 34.4 Å². The van der Waals surface area contributed by atoms with Crippen LogP contribution in [0.25, 0.3) is 0 Å². The molecule has 0 amide bonds. The van der Waals surface area contributed by atoms with Crippen LogP contribution >= 0.6 is 28.1 Å². The summed E-state index contributed by atoms with van der Waals surface area (Å²) in [5, 5.41) is 7.48. The predicted molar refractivity (Wildman–Crippen MR) is 93.4 cm³/mol. The minimum absolute atomic E-state index is 0.404. The zero-order chi connectivity index (χ0) is 15.7. The number of halogens is 1. The minimum atomic E-state index is 0.404. The predicted octanol–water partition coefficient (Wildman–Crippen LogP) is 2.84. The molecular formula is C14H18BrN3O2S. The van der Waals surface area contributed by atoms with Crippen molar-refractivity contribution in [3.8, 4) is 11.5 Å². The smallest absolute Gasteiger partial charge is 0.186 e. The van der Waals surface area contributed by atoms with Crippen LogP contribution in [0.5, 0.6) is 11.5 Å². The Balaban J connectivity index is 2.85. The standard InChI is InChI=1S/C14H18BrN3O2S/c1-4-6-20-13-11(15)7-10(8-12(13)19-3)9-17-18-14(21)16-5-2/h4,7-9H,1,5-6H2,2-3H3,(H2,16,18,21)/b17-9-. The Morgan fingerprint density at radius 2 is 2.29 bits per heavy atom. The maximum Gasteiger partial charge on any atom is 0.186 e. The monoisotopic (exact) mass is 371 g/mol. The van der Waals surface area contributed by atoms with Gasteiger partial charge in [0.1, 0.15) is 6.61 Å². The van der Waals surface area contributed by atoms with Gasteiger partial charge in [-0.05, 0) is 52.8 Å². The van der Waals surface area contributed by atoms with Crippen molar-refractivity contribution in [1.29, 1.82) is 0 Å². The van der Waals surface area contributed by atoms with Gasteiger partial charge in [0.2, 0.25) is 0 Å². The molecule has 114 valence electrons. The van der Waals surface area contributed by atoms with Crippen LogP contribution in [0.3, 0.4) is 0 Å². The fraction of sp³-hybridized carbons (Fsp3) is 0.286. The number of ether oxygens (including phenoxy) is 2. The van der Waals surface area contributed by atoms with E-state index in [1.165, 1.54) is 0 Å². The zero-order valence-electron chi connectivity index (χ0n) is 12.0. The Labute approximate surface area is 138 Å². The van der Waals surface area contributed by atoms with Crippen molar-refractivity contribution in [3.63, 3.8) is 0 Å². The Hall–Kier alpha value is -1.60. The van der Waals surface area contributed by atoms with Gasteiger partial charge in [-0.1, -0.05) is 12.7 Å². The van der Waals surface area contributed by atoms with Crippen LogP contribution in [0.2, 0.25) is 0 Å². The molecule has 0 spiro atoms. The highest BCUT2D eigenvalue weighted by atomic mass is 79.9. The molecule has 5 nitrogen and oxygen atoms in total. The molecule has 0 atom stereocenters. The molecule has 0 unspecified atom stereocenters. The molecule has 0 radical (unpaired) electrons. The summed E-state index contributed by atoms with van der Waals surface area (Å²) < 4.78 is 11.7. The van der Waals surface area contributed by atoms with Gasteiger partial charge in [-0.3, -0.25) is 5.43 Å². The highest BCUT2D eigenvalue weighted by molar-refractivity contribution is 9.10. The zero-order valence-corrected chi connectivity index (χ0v) is 14.4. The summed E-state index contributed by atoms with van der Waals surface area (Å²) in [7, 11) is 1.59. The second-order valence-electron chi connectivity index (χ2n) is 3.86. The normalized spacial score (nSPS) is 10.2. The largest absolute Gasteiger partial charge is 0.493 e. The SMILES string of the molecule is C=CCOc1c(Br)cc(/C=N\NC(=S)NCC)cc1OC. The van der Waals surface area contributed by atoms with E-state index < -0.39 is 0 Å². The van der Waals surface area contributed by atoms with Gasteiger partial charge in [0.25, 0.3) is 0 Å². The van der Waals surface area contributed by atoms with Gasteiger partial charge in [0.05, 0.1) is 17.8 Å². The molecule has 1 aromatic carbocycles. The molecule has 0 saturated heterocycles. The molecule has 21 heavy (non-hydrogen) atoms. The molecule has 0 fully saturated rings. The van der Waals surface area contributed by atoms with Crippen LogP contribution in [0, 0.1) is 0 Å². The van der Waals surface area contributed by atoms with Gasteiger partial charge < -0.3 is 14.8 Å². The molecule has 1 rings (SSSR count). The average molecular weight is 372 g/mol. The third kappa shape index (κ3) is 5.73. The van der Waals surface area contributed by atoms with Crippen molar-refractivity contribution >= 4 is 39.5 Å². The molecule has 0 aliphatic carbocycles. The van der Waals surface area contributed by atoms with Crippen molar-refractivity contribution in [2.45, 2.75) is 6.92 Å². The number of nitrogens with one attached hydrogen (secondary N) is 2. The summed E-state index contributed by atoms with van der Waals surface area (Å²) in [5.74, 6) is 1.24. The number of hydrazone groups is 1. The number of nitrogens with zero attached hydrogens (tertiary/aromatic N) is 1. The van der Waals surface area contributed by atoms with Crippen molar-refractivity contribution in [2.75, 3.05) is 20.3 Å². The Morgan fingerprint density at radius 3 is 2.90 bits per heavy atom. The number of hydrogen-bond acceptors (Lipinski definition) is 4. The van der Waals surface area contributed by atoms with Crippen LogP contribution in [0.4, 0.5) is 0 Å². The van der Waals surface area contributed by atoms with Gasteiger partial charge in [-0.15, -0.1) is 0 Å². The molecular weight excluding hydrogens is 354 g/mol. The number of thiocarbonyl (C=S) groups is 1. The highest BCUT2D eigenvalue weighted by Gasteiger charge is 2.10. The molecule has 0 aromatic heterocycles. The molecule has 2 N–H and O–H groups in total. The van der Waals surface area contributed by atoms with E-state index in [0.29, 0.717) is 23.2 Å². The lowest BCUT2D eigenvalue weighted by atomic mass is 10.2. The van der Waals surface area contributed by atoms with E-state index in [2.05, 4.69) is 38.4 Å². The fourth-order valence-electron chi connectivity index (χ4n) is 1.46. The molecule has 0 bridgehead atoms. The molecule has 0 aliphatic rings. The van der Waals surface area contributed by atoms with E-state index in [9.17, 15) is 0 Å². The lowest BCUT2D eigenvalue weighted by Crippen LogP contribution is -2.31. The van der Waals surface area contributed by atoms with Crippen molar-refractivity contribution < 1.29 is 9.47 Å². The van der Waals surface area contributed by atoms with Gasteiger partial charge in [0.15, 0.2) is 16.6 Å². The van der Waals surface area contributed by atoms with E-state index in [1.807, 2.05) is 19.1 Å². The second kappa shape index (κ2) is 9.36. The van der Waals surface area contributed by atoms with Crippen molar-refractivity contribution in [2.24, 2.45) is 5.10 Å². The van der Waals surface area contributed by atoms with Gasteiger partial charge in [-0.25, -0.2) is 0 Å². The number of methoxy groups -OCH3 is 1. The molecule has 0 aliphatic heterocycles. The first-order valence-corrected chi connectivity index (χ1v) is 7.50. The molecule has 0 heterocycles. The first-order valence-electron chi connectivity index (χ1n) is 6.30. The minimum Gasteiger partial charge on any atom is -0.493 e. The third-order valence-corrected chi connectivity index (χ3v) is 3.14. The summed E-state index contributed by atoms with van der Waals surface area (Å²) in [6.07, 6.45) is 3.32. The van der Waals surface area contributed by atoms with E-state index in [0.717, 1.165) is 16.6 Å². The second-order valence-corrected chi connectivity index (χ2v) is 5.13. The van der Waals surface area contributed by atoms with Crippen LogP contribution in [0.1, 0.15) is 12.5 Å². The Kier molecular flexibility index (Phi) is 7.78. The van der Waals surface area contributed by atoms with E-state index in [4.69, 9.17) is 21.7 Å².